The van der Waals surface area contributed by atoms with E-state index in [4.69, 9.17) is 4.74 Å². The number of hydrogen-bond acceptors (Lipinski definition) is 3. The molecular weight excluding hydrogens is 373 g/mol. The molecule has 0 aromatic heterocycles. The maximum absolute atomic E-state index is 12.7. The Morgan fingerprint density at radius 3 is 2.39 bits per heavy atom. The third-order valence-corrected chi connectivity index (χ3v) is 4.72. The zero-order chi connectivity index (χ0) is 17.0. The summed E-state index contributed by atoms with van der Waals surface area (Å²) in [5.41, 5.74) is -0.693. The third-order valence-electron chi connectivity index (χ3n) is 4.06. The summed E-state index contributed by atoms with van der Waals surface area (Å²) < 4.78 is 44.3. The topological polar surface area (TPSA) is 15.7 Å². The van der Waals surface area contributed by atoms with Gasteiger partial charge in [0.15, 0.2) is 0 Å². The van der Waals surface area contributed by atoms with E-state index in [1.54, 1.807) is 0 Å². The second-order valence-corrected chi connectivity index (χ2v) is 6.82. The summed E-state index contributed by atoms with van der Waals surface area (Å²) in [6, 6.07) is 4.01. The van der Waals surface area contributed by atoms with Gasteiger partial charge in [0.1, 0.15) is 12.4 Å². The molecule has 0 spiro atoms. The average molecular weight is 395 g/mol. The van der Waals surface area contributed by atoms with Crippen molar-refractivity contribution in [3.8, 4) is 5.75 Å². The normalized spacial score (nSPS) is 17.7. The number of hydrogen-bond donors (Lipinski definition) is 0. The van der Waals surface area contributed by atoms with Crippen LogP contribution < -0.4 is 4.74 Å². The highest BCUT2D eigenvalue weighted by Crippen LogP contribution is 2.35. The number of benzene rings is 1. The summed E-state index contributed by atoms with van der Waals surface area (Å²) in [6.07, 6.45) is -4.36. The van der Waals surface area contributed by atoms with Gasteiger partial charge in [-0.3, -0.25) is 9.80 Å². The van der Waals surface area contributed by atoms with Crippen LogP contribution in [-0.2, 0) is 6.18 Å². The first kappa shape index (κ1) is 18.5. The number of nitrogens with zero attached hydrogens (tertiary/aromatic N) is 2. The van der Waals surface area contributed by atoms with Crippen LogP contribution >= 0.6 is 15.9 Å². The van der Waals surface area contributed by atoms with Gasteiger partial charge in [0.05, 0.1) is 10.0 Å². The van der Waals surface area contributed by atoms with Gasteiger partial charge in [-0.05, 0) is 48.0 Å². The Morgan fingerprint density at radius 2 is 1.83 bits per heavy atom. The molecule has 1 aliphatic rings. The van der Waals surface area contributed by atoms with Crippen LogP contribution in [0.2, 0.25) is 0 Å². The summed E-state index contributed by atoms with van der Waals surface area (Å²) in [5, 5.41) is 0. The van der Waals surface area contributed by atoms with E-state index in [2.05, 4.69) is 39.6 Å². The molecule has 0 aliphatic carbocycles. The fourth-order valence-electron chi connectivity index (χ4n) is 2.58. The molecule has 0 N–H and O–H groups in total. The van der Waals surface area contributed by atoms with Gasteiger partial charge in [0.2, 0.25) is 0 Å². The van der Waals surface area contributed by atoms with E-state index in [1.165, 1.54) is 6.07 Å². The molecule has 1 aromatic rings. The minimum atomic E-state index is -4.36. The van der Waals surface area contributed by atoms with E-state index >= 15 is 0 Å². The molecule has 0 bridgehead atoms. The Morgan fingerprint density at radius 1 is 1.17 bits per heavy atom. The van der Waals surface area contributed by atoms with E-state index in [1.807, 2.05) is 0 Å². The van der Waals surface area contributed by atoms with E-state index in [9.17, 15) is 13.2 Å². The van der Waals surface area contributed by atoms with Gasteiger partial charge >= 0.3 is 6.18 Å². The molecule has 1 heterocycles. The minimum Gasteiger partial charge on any atom is -0.491 e. The maximum atomic E-state index is 12.7. The van der Waals surface area contributed by atoms with Gasteiger partial charge in [0, 0.05) is 38.8 Å². The molecule has 1 aromatic carbocycles. The summed E-state index contributed by atoms with van der Waals surface area (Å²) in [7, 11) is 0. The van der Waals surface area contributed by atoms with Gasteiger partial charge in [-0.15, -0.1) is 0 Å². The second-order valence-electron chi connectivity index (χ2n) is 5.96. The van der Waals surface area contributed by atoms with Gasteiger partial charge in [-0.25, -0.2) is 0 Å². The summed E-state index contributed by atoms with van der Waals surface area (Å²) >= 11 is 3.23. The molecule has 3 nitrogen and oxygen atoms in total. The highest BCUT2D eigenvalue weighted by molar-refractivity contribution is 9.10. The predicted octanol–water partition coefficient (Wildman–Crippen LogP) is 3.87. The Bertz CT molecular complexity index is 515. The van der Waals surface area contributed by atoms with Gasteiger partial charge in [0.25, 0.3) is 0 Å². The first-order valence-corrected chi connectivity index (χ1v) is 8.52. The van der Waals surface area contributed by atoms with Crippen LogP contribution in [0.25, 0.3) is 0 Å². The lowest BCUT2D eigenvalue weighted by atomic mass is 10.2. The van der Waals surface area contributed by atoms with Crippen molar-refractivity contribution in [3.05, 3.63) is 28.2 Å². The fraction of sp³-hybridized carbons (Fsp3) is 0.625. The lowest BCUT2D eigenvalue weighted by molar-refractivity contribution is -0.137. The highest BCUT2D eigenvalue weighted by atomic mass is 79.9. The van der Waals surface area contributed by atoms with Crippen LogP contribution in [0.15, 0.2) is 22.7 Å². The Kier molecular flexibility index (Phi) is 6.33. The molecule has 0 saturated carbocycles. The molecule has 1 fully saturated rings. The Labute approximate surface area is 143 Å². The van der Waals surface area contributed by atoms with E-state index in [-0.39, 0.29) is 5.75 Å². The molecule has 1 aliphatic heterocycles. The fourth-order valence-corrected chi connectivity index (χ4v) is 2.94. The zero-order valence-corrected chi connectivity index (χ0v) is 15.0. The molecule has 0 atom stereocenters. The summed E-state index contributed by atoms with van der Waals surface area (Å²) in [4.78, 5) is 4.70. The van der Waals surface area contributed by atoms with Crippen LogP contribution in [-0.4, -0.2) is 55.2 Å². The van der Waals surface area contributed by atoms with Crippen LogP contribution in [0.5, 0.6) is 5.75 Å². The third kappa shape index (κ3) is 5.36. The molecule has 7 heteroatoms. The van der Waals surface area contributed by atoms with Crippen LogP contribution in [0.1, 0.15) is 19.4 Å². The standard InChI is InChI=1S/C16H22BrF3N2O/c1-12(2)22-7-5-21(6-8-22)9-10-23-15-11-13(16(18,19)20)3-4-14(15)17/h3-4,11-12H,5-10H2,1-2H3. The van der Waals surface area contributed by atoms with Crippen molar-refractivity contribution in [1.29, 1.82) is 0 Å². The van der Waals surface area contributed by atoms with E-state index in [0.717, 1.165) is 38.3 Å². The molecule has 0 amide bonds. The second kappa shape index (κ2) is 7.85. The van der Waals surface area contributed by atoms with Crippen molar-refractivity contribution in [2.75, 3.05) is 39.3 Å². The molecular formula is C16H22BrF3N2O. The smallest absolute Gasteiger partial charge is 0.416 e. The molecule has 23 heavy (non-hydrogen) atoms. The van der Waals surface area contributed by atoms with Crippen molar-refractivity contribution in [2.24, 2.45) is 0 Å². The Hall–Kier alpha value is -0.790. The lowest BCUT2D eigenvalue weighted by Crippen LogP contribution is -2.49. The summed E-state index contributed by atoms with van der Waals surface area (Å²) in [6.45, 7) is 9.43. The number of halogens is 4. The maximum Gasteiger partial charge on any atom is 0.416 e. The predicted molar refractivity (Wildman–Crippen MR) is 87.8 cm³/mol. The molecule has 0 radical (unpaired) electrons. The first-order chi connectivity index (χ1) is 10.8. The minimum absolute atomic E-state index is 0.237. The van der Waals surface area contributed by atoms with Crippen LogP contribution in [0, 0.1) is 0 Å². The molecule has 2 rings (SSSR count). The largest absolute Gasteiger partial charge is 0.491 e. The molecule has 0 unspecified atom stereocenters. The van der Waals surface area contributed by atoms with Crippen molar-refractivity contribution >= 4 is 15.9 Å². The van der Waals surface area contributed by atoms with Crippen LogP contribution in [0.4, 0.5) is 13.2 Å². The number of alkyl halides is 3. The number of ether oxygens (including phenoxy) is 1. The molecule has 1 saturated heterocycles. The van der Waals surface area contributed by atoms with Crippen LogP contribution in [0.3, 0.4) is 0 Å². The lowest BCUT2D eigenvalue weighted by Gasteiger charge is -2.36. The number of rotatable bonds is 5. The number of piperazine rings is 1. The van der Waals surface area contributed by atoms with Gasteiger partial charge in [-0.1, -0.05) is 0 Å². The monoisotopic (exact) mass is 394 g/mol. The van der Waals surface area contributed by atoms with Gasteiger partial charge < -0.3 is 4.74 Å². The van der Waals surface area contributed by atoms with Crippen molar-refractivity contribution in [2.45, 2.75) is 26.1 Å². The summed E-state index contributed by atoms with van der Waals surface area (Å²) in [5.74, 6) is 0.237. The SMILES string of the molecule is CC(C)N1CCN(CCOc2cc(C(F)(F)F)ccc2Br)CC1. The average Bonchev–Trinajstić information content (AvgIpc) is 2.48. The van der Waals surface area contributed by atoms with Crippen molar-refractivity contribution < 1.29 is 17.9 Å². The Balaban J connectivity index is 1.83. The van der Waals surface area contributed by atoms with E-state index < -0.39 is 11.7 Å². The quantitative estimate of drug-likeness (QED) is 0.753. The highest BCUT2D eigenvalue weighted by Gasteiger charge is 2.31. The van der Waals surface area contributed by atoms with E-state index in [0.29, 0.717) is 23.7 Å². The first-order valence-electron chi connectivity index (χ1n) is 7.73. The molecule has 130 valence electrons. The zero-order valence-electron chi connectivity index (χ0n) is 13.4. The van der Waals surface area contributed by atoms with Crippen molar-refractivity contribution in [1.82, 2.24) is 9.80 Å². The van der Waals surface area contributed by atoms with Crippen molar-refractivity contribution in [3.63, 3.8) is 0 Å². The van der Waals surface area contributed by atoms with Gasteiger partial charge in [-0.2, -0.15) is 13.2 Å².